The first-order valence-electron chi connectivity index (χ1n) is 10.6. The number of carbonyl (C=O) groups excluding carboxylic acids is 1. The second-order valence-electron chi connectivity index (χ2n) is 8.28. The van der Waals surface area contributed by atoms with Gasteiger partial charge in [-0.15, -0.1) is 0 Å². The van der Waals surface area contributed by atoms with Crippen LogP contribution in [-0.2, 0) is 4.79 Å². The third-order valence-electron chi connectivity index (χ3n) is 6.06. The Balaban J connectivity index is 1.31. The maximum atomic E-state index is 13.9. The lowest BCUT2D eigenvalue weighted by Crippen LogP contribution is -2.46. The Morgan fingerprint density at radius 1 is 1.16 bits per heavy atom. The highest BCUT2D eigenvalue weighted by atomic mass is 32.1. The highest BCUT2D eigenvalue weighted by molar-refractivity contribution is 7.16. The van der Waals surface area contributed by atoms with E-state index in [0.717, 1.165) is 51.9 Å². The number of thiazole rings is 1. The smallest absolute Gasteiger partial charge is 0.225 e. The second kappa shape index (κ2) is 9.48. The van der Waals surface area contributed by atoms with Crippen molar-refractivity contribution in [2.75, 3.05) is 44.3 Å². The number of anilines is 2. The van der Waals surface area contributed by atoms with Crippen LogP contribution in [0.2, 0.25) is 0 Å². The summed E-state index contributed by atoms with van der Waals surface area (Å²) < 4.78 is 27.8. The molecular formula is C22H27F2N5OS. The minimum atomic E-state index is -0.691. The van der Waals surface area contributed by atoms with Crippen LogP contribution in [0.25, 0.3) is 0 Å². The number of rotatable bonds is 5. The Morgan fingerprint density at radius 3 is 2.45 bits per heavy atom. The van der Waals surface area contributed by atoms with Crippen LogP contribution in [0.4, 0.5) is 19.7 Å². The van der Waals surface area contributed by atoms with E-state index in [9.17, 15) is 13.6 Å². The summed E-state index contributed by atoms with van der Waals surface area (Å²) in [6.07, 6.45) is 6.23. The number of carbonyl (C=O) groups is 1. The third-order valence-corrected chi connectivity index (χ3v) is 6.97. The molecule has 166 valence electrons. The van der Waals surface area contributed by atoms with Crippen molar-refractivity contribution >= 4 is 28.2 Å². The SMILES string of the molecule is CN1CCC(C(=O)N2CCC(Nc3nc(N)c([C]c4c(F)cccc4F)s3)CC2)CC1. The van der Waals surface area contributed by atoms with Crippen LogP contribution < -0.4 is 11.1 Å². The number of hydrogen-bond donors (Lipinski definition) is 2. The first-order chi connectivity index (χ1) is 14.9. The van der Waals surface area contributed by atoms with Crippen molar-refractivity contribution in [3.8, 4) is 0 Å². The van der Waals surface area contributed by atoms with Crippen molar-refractivity contribution in [2.45, 2.75) is 31.7 Å². The number of hydrogen-bond acceptors (Lipinski definition) is 6. The molecule has 3 N–H and O–H groups in total. The van der Waals surface area contributed by atoms with E-state index in [1.54, 1.807) is 0 Å². The van der Waals surface area contributed by atoms with E-state index in [1.807, 2.05) is 4.90 Å². The zero-order valence-corrected chi connectivity index (χ0v) is 18.4. The zero-order valence-electron chi connectivity index (χ0n) is 17.5. The molecule has 1 amide bonds. The number of likely N-dealkylation sites (tertiary alicyclic amines) is 2. The molecule has 2 aliphatic heterocycles. The third kappa shape index (κ3) is 5.15. The molecule has 31 heavy (non-hydrogen) atoms. The largest absolute Gasteiger partial charge is 0.383 e. The molecule has 0 aliphatic carbocycles. The van der Waals surface area contributed by atoms with Gasteiger partial charge in [0.05, 0.1) is 11.3 Å². The predicted octanol–water partition coefficient (Wildman–Crippen LogP) is 3.23. The highest BCUT2D eigenvalue weighted by Gasteiger charge is 2.30. The van der Waals surface area contributed by atoms with Crippen molar-refractivity contribution in [2.24, 2.45) is 5.92 Å². The molecule has 2 aromatic rings. The van der Waals surface area contributed by atoms with Gasteiger partial charge in [0.15, 0.2) is 5.13 Å². The fourth-order valence-electron chi connectivity index (χ4n) is 4.15. The summed E-state index contributed by atoms with van der Waals surface area (Å²) in [7, 11) is 2.09. The topological polar surface area (TPSA) is 74.5 Å². The number of nitrogens with one attached hydrogen (secondary N) is 1. The van der Waals surface area contributed by atoms with Gasteiger partial charge in [0, 0.05) is 30.6 Å². The number of nitrogens with two attached hydrogens (primary N) is 1. The molecule has 0 saturated carbocycles. The summed E-state index contributed by atoms with van der Waals surface area (Å²) in [6.45, 7) is 3.39. The molecule has 1 aromatic carbocycles. The lowest BCUT2D eigenvalue weighted by Gasteiger charge is -2.36. The Hall–Kier alpha value is -2.26. The fourth-order valence-corrected chi connectivity index (χ4v) is 5.01. The molecular weight excluding hydrogens is 420 g/mol. The van der Waals surface area contributed by atoms with E-state index >= 15 is 0 Å². The monoisotopic (exact) mass is 447 g/mol. The molecule has 1 aromatic heterocycles. The van der Waals surface area contributed by atoms with Crippen LogP contribution in [0.15, 0.2) is 18.2 Å². The van der Waals surface area contributed by atoms with E-state index in [2.05, 4.69) is 28.7 Å². The van der Waals surface area contributed by atoms with Gasteiger partial charge in [-0.3, -0.25) is 4.79 Å². The van der Waals surface area contributed by atoms with Crippen LogP contribution in [0.5, 0.6) is 0 Å². The van der Waals surface area contributed by atoms with Gasteiger partial charge in [-0.05, 0) is 58.0 Å². The minimum Gasteiger partial charge on any atom is -0.383 e. The van der Waals surface area contributed by atoms with Crippen LogP contribution >= 0.6 is 11.3 Å². The molecule has 4 rings (SSSR count). The maximum Gasteiger partial charge on any atom is 0.225 e. The average molecular weight is 448 g/mol. The summed E-state index contributed by atoms with van der Waals surface area (Å²) in [5.41, 5.74) is 5.70. The molecule has 0 unspecified atom stereocenters. The number of nitrogen functional groups attached to an aromatic ring is 1. The van der Waals surface area contributed by atoms with Crippen molar-refractivity contribution < 1.29 is 13.6 Å². The van der Waals surface area contributed by atoms with Gasteiger partial charge in [0.25, 0.3) is 0 Å². The molecule has 2 fully saturated rings. The first kappa shape index (κ1) is 22.0. The van der Waals surface area contributed by atoms with Gasteiger partial charge < -0.3 is 20.9 Å². The van der Waals surface area contributed by atoms with Crippen LogP contribution in [0.1, 0.15) is 36.1 Å². The van der Waals surface area contributed by atoms with E-state index < -0.39 is 11.6 Å². The summed E-state index contributed by atoms with van der Waals surface area (Å²) in [4.78, 5) is 21.7. The predicted molar refractivity (Wildman–Crippen MR) is 118 cm³/mol. The molecule has 2 aliphatic rings. The van der Waals surface area contributed by atoms with Gasteiger partial charge in [0.1, 0.15) is 17.5 Å². The minimum absolute atomic E-state index is 0.145. The Bertz CT molecular complexity index is 900. The number of amides is 1. The Labute approximate surface area is 185 Å². The molecule has 2 saturated heterocycles. The lowest BCUT2D eigenvalue weighted by molar-refractivity contribution is -0.137. The van der Waals surface area contributed by atoms with Crippen molar-refractivity contribution in [1.29, 1.82) is 0 Å². The lowest BCUT2D eigenvalue weighted by atomic mass is 9.94. The maximum absolute atomic E-state index is 13.9. The van der Waals surface area contributed by atoms with E-state index in [0.29, 0.717) is 10.0 Å². The van der Waals surface area contributed by atoms with Crippen molar-refractivity contribution in [1.82, 2.24) is 14.8 Å². The van der Waals surface area contributed by atoms with E-state index in [4.69, 9.17) is 5.73 Å². The van der Waals surface area contributed by atoms with Gasteiger partial charge in [-0.25, -0.2) is 13.8 Å². The number of piperidine rings is 2. The van der Waals surface area contributed by atoms with E-state index in [-0.39, 0.29) is 29.2 Å². The molecule has 3 heterocycles. The summed E-state index contributed by atoms with van der Waals surface area (Å²) in [6, 6.07) is 3.85. The molecule has 0 spiro atoms. The quantitative estimate of drug-likeness (QED) is 0.736. The normalized spacial score (nSPS) is 19.0. The Kier molecular flexibility index (Phi) is 6.71. The number of halogens is 2. The number of benzene rings is 1. The summed E-state index contributed by atoms with van der Waals surface area (Å²) in [5.74, 6) is -0.770. The molecule has 6 nitrogen and oxygen atoms in total. The molecule has 9 heteroatoms. The van der Waals surface area contributed by atoms with Crippen molar-refractivity contribution in [3.05, 3.63) is 46.7 Å². The van der Waals surface area contributed by atoms with Gasteiger partial charge in [-0.1, -0.05) is 17.4 Å². The number of aromatic nitrogens is 1. The van der Waals surface area contributed by atoms with Crippen molar-refractivity contribution in [3.63, 3.8) is 0 Å². The summed E-state index contributed by atoms with van der Waals surface area (Å²) >= 11 is 1.22. The van der Waals surface area contributed by atoms with E-state index in [1.165, 1.54) is 29.5 Å². The number of nitrogens with zero attached hydrogens (tertiary/aromatic N) is 3. The molecule has 0 atom stereocenters. The molecule has 2 radical (unpaired) electrons. The standard InChI is InChI=1S/C22H27F2N5OS/c1-28-9-5-14(6-10-28)21(30)29-11-7-15(8-12-29)26-22-27-20(25)19(31-22)13-16-17(23)3-2-4-18(16)24/h2-4,14-15H,5-12,25H2,1H3,(H,26,27). The first-order valence-corrected chi connectivity index (χ1v) is 11.4. The summed E-state index contributed by atoms with van der Waals surface area (Å²) in [5, 5.41) is 3.95. The average Bonchev–Trinajstić information content (AvgIpc) is 3.10. The molecule has 0 bridgehead atoms. The van der Waals surface area contributed by atoms with Crippen LogP contribution in [0.3, 0.4) is 0 Å². The van der Waals surface area contributed by atoms with Gasteiger partial charge in [-0.2, -0.15) is 0 Å². The van der Waals surface area contributed by atoms with Crippen LogP contribution in [0, 0.1) is 24.0 Å². The second-order valence-corrected chi connectivity index (χ2v) is 9.28. The fraction of sp³-hybridized carbons (Fsp3) is 0.500. The van der Waals surface area contributed by atoms with Crippen LogP contribution in [-0.4, -0.2) is 60.0 Å². The highest BCUT2D eigenvalue weighted by Crippen LogP contribution is 2.32. The van der Waals surface area contributed by atoms with Gasteiger partial charge >= 0.3 is 0 Å². The Morgan fingerprint density at radius 2 is 1.81 bits per heavy atom. The van der Waals surface area contributed by atoms with Gasteiger partial charge in [0.2, 0.25) is 5.91 Å². The zero-order chi connectivity index (χ0) is 22.0.